The van der Waals surface area contributed by atoms with Crippen LogP contribution >= 0.6 is 23.8 Å². The first kappa shape index (κ1) is 9.43. The first-order valence-corrected chi connectivity index (χ1v) is 5.91. The fraction of sp³-hybridized carbons (Fsp3) is 0.364. The van der Waals surface area contributed by atoms with Crippen molar-refractivity contribution in [2.75, 3.05) is 0 Å². The van der Waals surface area contributed by atoms with Crippen molar-refractivity contribution in [1.82, 2.24) is 9.55 Å². The third-order valence-electron chi connectivity index (χ3n) is 2.88. The molecule has 1 aliphatic rings. The van der Waals surface area contributed by atoms with Crippen LogP contribution in [0.25, 0.3) is 11.0 Å². The van der Waals surface area contributed by atoms with Gasteiger partial charge >= 0.3 is 0 Å². The molecule has 3 rings (SSSR count). The molecule has 1 aromatic heterocycles. The summed E-state index contributed by atoms with van der Waals surface area (Å²) in [4.78, 5) is 3.21. The SMILES string of the molecule is S=c1[nH]c2ccc(Cl)cc2n1CC1CC1. The number of H-pyrrole nitrogens is 1. The molecule has 0 amide bonds. The summed E-state index contributed by atoms with van der Waals surface area (Å²) in [5.41, 5.74) is 2.20. The van der Waals surface area contributed by atoms with Crippen LogP contribution in [0, 0.1) is 10.7 Å². The van der Waals surface area contributed by atoms with Crippen molar-refractivity contribution in [1.29, 1.82) is 0 Å². The van der Waals surface area contributed by atoms with Crippen LogP contribution in [0.5, 0.6) is 0 Å². The molecule has 1 N–H and O–H groups in total. The second-order valence-electron chi connectivity index (χ2n) is 4.15. The van der Waals surface area contributed by atoms with Gasteiger partial charge in [-0.05, 0) is 49.2 Å². The molecule has 0 unspecified atom stereocenters. The largest absolute Gasteiger partial charge is 0.331 e. The van der Waals surface area contributed by atoms with Gasteiger partial charge in [0.2, 0.25) is 0 Å². The Morgan fingerprint density at radius 2 is 2.27 bits per heavy atom. The van der Waals surface area contributed by atoms with Gasteiger partial charge in [0.25, 0.3) is 0 Å². The van der Waals surface area contributed by atoms with Crippen LogP contribution in [-0.2, 0) is 6.54 Å². The van der Waals surface area contributed by atoms with E-state index in [0.717, 1.165) is 33.3 Å². The summed E-state index contributed by atoms with van der Waals surface area (Å²) >= 11 is 11.3. The summed E-state index contributed by atoms with van der Waals surface area (Å²) in [5, 5.41) is 0.765. The van der Waals surface area contributed by atoms with E-state index in [9.17, 15) is 0 Å². The van der Waals surface area contributed by atoms with Crippen LogP contribution in [0.15, 0.2) is 18.2 Å². The fourth-order valence-corrected chi connectivity index (χ4v) is 2.31. The molecule has 2 aromatic rings. The lowest BCUT2D eigenvalue weighted by Crippen LogP contribution is -1.99. The summed E-state index contributed by atoms with van der Waals surface area (Å²) in [6, 6.07) is 5.85. The molecule has 0 aliphatic heterocycles. The van der Waals surface area contributed by atoms with Gasteiger partial charge in [-0.25, -0.2) is 0 Å². The van der Waals surface area contributed by atoms with Gasteiger partial charge in [0.15, 0.2) is 4.77 Å². The number of imidazole rings is 1. The monoisotopic (exact) mass is 238 g/mol. The number of rotatable bonds is 2. The number of nitrogens with zero attached hydrogens (tertiary/aromatic N) is 1. The molecule has 1 heterocycles. The Kier molecular flexibility index (Phi) is 2.11. The van der Waals surface area contributed by atoms with Crippen LogP contribution < -0.4 is 0 Å². The van der Waals surface area contributed by atoms with Crippen molar-refractivity contribution in [3.8, 4) is 0 Å². The Labute approximate surface area is 97.9 Å². The van der Waals surface area contributed by atoms with E-state index in [1.165, 1.54) is 12.8 Å². The van der Waals surface area contributed by atoms with E-state index in [1.54, 1.807) is 0 Å². The minimum atomic E-state index is 0.765. The number of aromatic nitrogens is 2. The van der Waals surface area contributed by atoms with Crippen LogP contribution in [0.2, 0.25) is 5.02 Å². The molecule has 1 aromatic carbocycles. The predicted molar refractivity (Wildman–Crippen MR) is 64.9 cm³/mol. The lowest BCUT2D eigenvalue weighted by molar-refractivity contribution is 0.635. The van der Waals surface area contributed by atoms with Crippen molar-refractivity contribution in [3.63, 3.8) is 0 Å². The predicted octanol–water partition coefficient (Wildman–Crippen LogP) is 3.76. The van der Waals surface area contributed by atoms with Crippen molar-refractivity contribution in [2.45, 2.75) is 19.4 Å². The molecule has 1 aliphatic carbocycles. The highest BCUT2D eigenvalue weighted by atomic mass is 35.5. The van der Waals surface area contributed by atoms with Crippen LogP contribution in [0.1, 0.15) is 12.8 Å². The average molecular weight is 239 g/mol. The van der Waals surface area contributed by atoms with Gasteiger partial charge in [0.1, 0.15) is 0 Å². The van der Waals surface area contributed by atoms with E-state index in [4.69, 9.17) is 23.8 Å². The second kappa shape index (κ2) is 3.35. The zero-order chi connectivity index (χ0) is 10.4. The van der Waals surface area contributed by atoms with Crippen molar-refractivity contribution in [3.05, 3.63) is 28.0 Å². The van der Waals surface area contributed by atoms with Crippen LogP contribution in [-0.4, -0.2) is 9.55 Å². The number of aromatic amines is 1. The maximum absolute atomic E-state index is 5.99. The van der Waals surface area contributed by atoms with Gasteiger partial charge < -0.3 is 9.55 Å². The third-order valence-corrected chi connectivity index (χ3v) is 3.43. The van der Waals surface area contributed by atoms with Gasteiger partial charge in [0, 0.05) is 11.6 Å². The topological polar surface area (TPSA) is 20.7 Å². The maximum Gasteiger partial charge on any atom is 0.178 e. The number of nitrogens with one attached hydrogen (secondary N) is 1. The highest BCUT2D eigenvalue weighted by molar-refractivity contribution is 7.71. The number of benzene rings is 1. The summed E-state index contributed by atoms with van der Waals surface area (Å²) in [6.45, 7) is 1.03. The Bertz CT molecular complexity index is 565. The molecule has 0 saturated heterocycles. The second-order valence-corrected chi connectivity index (χ2v) is 4.97. The zero-order valence-corrected chi connectivity index (χ0v) is 9.74. The standard InChI is InChI=1S/C11H11ClN2S/c12-8-3-4-9-10(5-8)14(11(15)13-9)6-7-1-2-7/h3-5,7H,1-2,6H2,(H,13,15). The molecule has 78 valence electrons. The minimum absolute atomic E-state index is 0.765. The molecule has 0 spiro atoms. The Morgan fingerprint density at radius 3 is 3.00 bits per heavy atom. The van der Waals surface area contributed by atoms with E-state index in [-0.39, 0.29) is 0 Å². The number of fused-ring (bicyclic) bond motifs is 1. The number of hydrogen-bond donors (Lipinski definition) is 1. The van der Waals surface area contributed by atoms with Crippen LogP contribution in [0.4, 0.5) is 0 Å². The smallest absolute Gasteiger partial charge is 0.178 e. The van der Waals surface area contributed by atoms with Gasteiger partial charge in [-0.1, -0.05) is 11.6 Å². The first-order valence-electron chi connectivity index (χ1n) is 5.12. The van der Waals surface area contributed by atoms with Crippen LogP contribution in [0.3, 0.4) is 0 Å². The van der Waals surface area contributed by atoms with E-state index in [0.29, 0.717) is 0 Å². The van der Waals surface area contributed by atoms with Gasteiger partial charge in [-0.2, -0.15) is 0 Å². The highest BCUT2D eigenvalue weighted by Gasteiger charge is 2.22. The van der Waals surface area contributed by atoms with E-state index >= 15 is 0 Å². The van der Waals surface area contributed by atoms with Crippen molar-refractivity contribution >= 4 is 34.9 Å². The maximum atomic E-state index is 5.99. The lowest BCUT2D eigenvalue weighted by atomic mass is 10.3. The third kappa shape index (κ3) is 1.70. The molecule has 0 radical (unpaired) electrons. The lowest BCUT2D eigenvalue weighted by Gasteiger charge is -2.02. The zero-order valence-electron chi connectivity index (χ0n) is 8.16. The first-order chi connectivity index (χ1) is 7.24. The average Bonchev–Trinajstić information content (AvgIpc) is 2.96. The minimum Gasteiger partial charge on any atom is -0.331 e. The normalized spacial score (nSPS) is 16.1. The van der Waals surface area contributed by atoms with E-state index in [2.05, 4.69) is 9.55 Å². The molecule has 0 atom stereocenters. The van der Waals surface area contributed by atoms with Crippen molar-refractivity contribution < 1.29 is 0 Å². The summed E-state index contributed by atoms with van der Waals surface area (Å²) < 4.78 is 2.97. The Balaban J connectivity index is 2.20. The van der Waals surface area contributed by atoms with Gasteiger partial charge in [-0.15, -0.1) is 0 Å². The summed E-state index contributed by atoms with van der Waals surface area (Å²) in [5.74, 6) is 0.815. The molecule has 0 bridgehead atoms. The number of halogens is 1. The van der Waals surface area contributed by atoms with E-state index in [1.807, 2.05) is 18.2 Å². The fourth-order valence-electron chi connectivity index (χ4n) is 1.87. The molecule has 2 nitrogen and oxygen atoms in total. The number of hydrogen-bond acceptors (Lipinski definition) is 1. The summed E-state index contributed by atoms with van der Waals surface area (Å²) in [7, 11) is 0. The van der Waals surface area contributed by atoms with Crippen molar-refractivity contribution in [2.24, 2.45) is 5.92 Å². The molecule has 1 fully saturated rings. The molecule has 4 heteroatoms. The van der Waals surface area contributed by atoms with Gasteiger partial charge in [-0.3, -0.25) is 0 Å². The molecular weight excluding hydrogens is 228 g/mol. The Morgan fingerprint density at radius 1 is 1.47 bits per heavy atom. The molecular formula is C11H11ClN2S. The summed E-state index contributed by atoms with van der Waals surface area (Å²) in [6.07, 6.45) is 2.66. The van der Waals surface area contributed by atoms with E-state index < -0.39 is 0 Å². The Hall–Kier alpha value is -0.800. The van der Waals surface area contributed by atoms with Gasteiger partial charge in [0.05, 0.1) is 11.0 Å². The molecule has 1 saturated carbocycles. The highest BCUT2D eigenvalue weighted by Crippen LogP contribution is 2.32. The molecule has 15 heavy (non-hydrogen) atoms. The quantitative estimate of drug-likeness (QED) is 0.790.